The fraction of sp³-hybridized carbons (Fsp3) is 0.250. The van der Waals surface area contributed by atoms with E-state index in [9.17, 15) is 8.78 Å². The van der Waals surface area contributed by atoms with Crippen LogP contribution in [0.2, 0.25) is 5.02 Å². The van der Waals surface area contributed by atoms with Crippen molar-refractivity contribution >= 4 is 11.6 Å². The van der Waals surface area contributed by atoms with E-state index in [4.69, 9.17) is 11.6 Å². The van der Waals surface area contributed by atoms with E-state index in [1.807, 2.05) is 7.05 Å². The van der Waals surface area contributed by atoms with Crippen LogP contribution in [0.25, 0.3) is 0 Å². The minimum absolute atomic E-state index is 0.138. The molecule has 0 aliphatic rings. The highest BCUT2D eigenvalue weighted by Crippen LogP contribution is 2.18. The Morgan fingerprint density at radius 3 is 2.20 bits per heavy atom. The van der Waals surface area contributed by atoms with Gasteiger partial charge in [0.15, 0.2) is 0 Å². The number of nitrogens with one attached hydrogen (secondary N) is 1. The molecule has 1 N–H and O–H groups in total. The second kappa shape index (κ2) is 6.82. The molecular weight excluding hydrogens is 280 g/mol. The Hall–Kier alpha value is -1.45. The molecule has 0 radical (unpaired) electrons. The molecule has 2 aromatic rings. The number of rotatable bonds is 5. The Kier molecular flexibility index (Phi) is 5.10. The van der Waals surface area contributed by atoms with E-state index >= 15 is 0 Å². The Balaban J connectivity index is 2.04. The van der Waals surface area contributed by atoms with E-state index in [0.717, 1.165) is 24.0 Å². The van der Waals surface area contributed by atoms with Crippen LogP contribution >= 0.6 is 11.6 Å². The van der Waals surface area contributed by atoms with Gasteiger partial charge in [-0.15, -0.1) is 0 Å². The zero-order valence-electron chi connectivity index (χ0n) is 11.2. The zero-order valence-corrected chi connectivity index (χ0v) is 11.9. The maximum absolute atomic E-state index is 13.1. The molecular formula is C16H16ClF2N. The van der Waals surface area contributed by atoms with Gasteiger partial charge in [0.2, 0.25) is 0 Å². The summed E-state index contributed by atoms with van der Waals surface area (Å²) >= 11 is 5.78. The third kappa shape index (κ3) is 4.02. The molecule has 0 aliphatic heterocycles. The molecule has 20 heavy (non-hydrogen) atoms. The van der Waals surface area contributed by atoms with Crippen LogP contribution in [0, 0.1) is 11.6 Å². The summed E-state index contributed by atoms with van der Waals surface area (Å²) in [7, 11) is 1.87. The molecule has 0 spiro atoms. The second-order valence-electron chi connectivity index (χ2n) is 4.77. The smallest absolute Gasteiger partial charge is 0.141 e. The highest BCUT2D eigenvalue weighted by atomic mass is 35.5. The fourth-order valence-electron chi connectivity index (χ4n) is 2.13. The Morgan fingerprint density at radius 1 is 1.00 bits per heavy atom. The summed E-state index contributed by atoms with van der Waals surface area (Å²) in [5.41, 5.74) is 2.02. The average molecular weight is 296 g/mol. The van der Waals surface area contributed by atoms with Crippen molar-refractivity contribution in [2.24, 2.45) is 0 Å². The van der Waals surface area contributed by atoms with Crippen molar-refractivity contribution in [1.29, 1.82) is 0 Å². The van der Waals surface area contributed by atoms with Gasteiger partial charge in [0.1, 0.15) is 11.6 Å². The topological polar surface area (TPSA) is 12.0 Å². The van der Waals surface area contributed by atoms with Crippen LogP contribution in [0.15, 0.2) is 42.5 Å². The predicted molar refractivity (Wildman–Crippen MR) is 78.1 cm³/mol. The number of halogens is 3. The molecule has 0 bridgehead atoms. The molecule has 2 aromatic carbocycles. The van der Waals surface area contributed by atoms with Crippen molar-refractivity contribution in [3.05, 3.63) is 70.2 Å². The van der Waals surface area contributed by atoms with Gasteiger partial charge in [-0.1, -0.05) is 29.8 Å². The molecule has 0 heterocycles. The standard InChI is InChI=1S/C16H16ClF2N/c1-20-14(8-11-2-5-13(18)6-3-11)9-12-4-7-16(19)15(17)10-12/h2-7,10,14,20H,8-9H2,1H3. The van der Waals surface area contributed by atoms with E-state index in [2.05, 4.69) is 5.32 Å². The Bertz CT molecular complexity index is 569. The lowest BCUT2D eigenvalue weighted by atomic mass is 9.99. The predicted octanol–water partition coefficient (Wildman–Crippen LogP) is 3.99. The van der Waals surface area contributed by atoms with Crippen LogP contribution in [0.1, 0.15) is 11.1 Å². The highest BCUT2D eigenvalue weighted by Gasteiger charge is 2.10. The summed E-state index contributed by atoms with van der Waals surface area (Å²) in [6, 6.07) is 11.4. The fourth-order valence-corrected chi connectivity index (χ4v) is 2.34. The molecule has 1 atom stereocenters. The summed E-state index contributed by atoms with van der Waals surface area (Å²) in [4.78, 5) is 0. The molecule has 0 aliphatic carbocycles. The molecule has 0 fully saturated rings. The van der Waals surface area contributed by atoms with E-state index in [0.29, 0.717) is 0 Å². The van der Waals surface area contributed by atoms with Crippen LogP contribution in [0.3, 0.4) is 0 Å². The number of likely N-dealkylation sites (N-methyl/N-ethyl adjacent to an activating group) is 1. The van der Waals surface area contributed by atoms with Crippen molar-refractivity contribution in [3.8, 4) is 0 Å². The molecule has 2 rings (SSSR count). The summed E-state index contributed by atoms with van der Waals surface area (Å²) in [5, 5.41) is 3.36. The van der Waals surface area contributed by atoms with Gasteiger partial charge in [0.05, 0.1) is 5.02 Å². The van der Waals surface area contributed by atoms with E-state index in [1.54, 1.807) is 24.3 Å². The third-order valence-electron chi connectivity index (χ3n) is 3.27. The maximum Gasteiger partial charge on any atom is 0.141 e. The Morgan fingerprint density at radius 2 is 1.60 bits per heavy atom. The van der Waals surface area contributed by atoms with Crippen LogP contribution in [0.5, 0.6) is 0 Å². The molecule has 0 amide bonds. The molecule has 4 heteroatoms. The number of benzene rings is 2. The lowest BCUT2D eigenvalue weighted by Gasteiger charge is -2.16. The third-order valence-corrected chi connectivity index (χ3v) is 3.56. The summed E-state index contributed by atoms with van der Waals surface area (Å²) in [5.74, 6) is -0.643. The van der Waals surface area contributed by atoms with Gasteiger partial charge in [-0.3, -0.25) is 0 Å². The van der Waals surface area contributed by atoms with Gasteiger partial charge in [-0.2, -0.15) is 0 Å². The SMILES string of the molecule is CNC(Cc1ccc(F)cc1)Cc1ccc(F)c(Cl)c1. The monoisotopic (exact) mass is 295 g/mol. The van der Waals surface area contributed by atoms with Gasteiger partial charge in [0, 0.05) is 6.04 Å². The second-order valence-corrected chi connectivity index (χ2v) is 5.18. The van der Waals surface area contributed by atoms with Gasteiger partial charge in [-0.25, -0.2) is 8.78 Å². The lowest BCUT2D eigenvalue weighted by molar-refractivity contribution is 0.554. The van der Waals surface area contributed by atoms with E-state index < -0.39 is 5.82 Å². The van der Waals surface area contributed by atoms with Gasteiger partial charge >= 0.3 is 0 Å². The minimum atomic E-state index is -0.407. The van der Waals surface area contributed by atoms with Crippen molar-refractivity contribution < 1.29 is 8.78 Å². The summed E-state index contributed by atoms with van der Waals surface area (Å²) in [6.07, 6.45) is 1.50. The quantitative estimate of drug-likeness (QED) is 0.879. The van der Waals surface area contributed by atoms with Crippen molar-refractivity contribution in [1.82, 2.24) is 5.32 Å². The first-order valence-corrected chi connectivity index (χ1v) is 6.82. The van der Waals surface area contributed by atoms with Crippen LogP contribution in [0.4, 0.5) is 8.78 Å². The molecule has 106 valence electrons. The van der Waals surface area contributed by atoms with E-state index in [1.165, 1.54) is 18.2 Å². The molecule has 1 unspecified atom stereocenters. The van der Waals surface area contributed by atoms with Crippen molar-refractivity contribution in [2.45, 2.75) is 18.9 Å². The average Bonchev–Trinajstić information content (AvgIpc) is 2.44. The summed E-state index contributed by atoms with van der Waals surface area (Å²) < 4.78 is 26.0. The van der Waals surface area contributed by atoms with Crippen molar-refractivity contribution in [2.75, 3.05) is 7.05 Å². The normalized spacial score (nSPS) is 12.4. The number of hydrogen-bond acceptors (Lipinski definition) is 1. The molecule has 0 saturated heterocycles. The first-order valence-electron chi connectivity index (χ1n) is 6.44. The summed E-state index contributed by atoms with van der Waals surface area (Å²) in [6.45, 7) is 0. The largest absolute Gasteiger partial charge is 0.316 e. The maximum atomic E-state index is 13.1. The number of hydrogen-bond donors (Lipinski definition) is 1. The van der Waals surface area contributed by atoms with Crippen LogP contribution < -0.4 is 5.32 Å². The first kappa shape index (κ1) is 14.9. The zero-order chi connectivity index (χ0) is 14.5. The molecule has 0 saturated carbocycles. The molecule has 1 nitrogen and oxygen atoms in total. The minimum Gasteiger partial charge on any atom is -0.316 e. The van der Waals surface area contributed by atoms with Crippen LogP contribution in [-0.4, -0.2) is 13.1 Å². The first-order chi connectivity index (χ1) is 9.58. The van der Waals surface area contributed by atoms with Gasteiger partial charge < -0.3 is 5.32 Å². The van der Waals surface area contributed by atoms with E-state index in [-0.39, 0.29) is 16.9 Å². The highest BCUT2D eigenvalue weighted by molar-refractivity contribution is 6.30. The van der Waals surface area contributed by atoms with Crippen LogP contribution in [-0.2, 0) is 12.8 Å². The van der Waals surface area contributed by atoms with Gasteiger partial charge in [0.25, 0.3) is 0 Å². The Labute approximate surface area is 122 Å². The lowest BCUT2D eigenvalue weighted by Crippen LogP contribution is -2.29. The molecule has 0 aromatic heterocycles. The van der Waals surface area contributed by atoms with Gasteiger partial charge in [-0.05, 0) is 55.3 Å². The van der Waals surface area contributed by atoms with Crippen molar-refractivity contribution in [3.63, 3.8) is 0 Å².